The first kappa shape index (κ1) is 10.2. The van der Waals surface area contributed by atoms with Gasteiger partial charge in [-0.1, -0.05) is 12.1 Å². The molecule has 0 bridgehead atoms. The molecule has 80 valence electrons. The molecule has 15 heavy (non-hydrogen) atoms. The van der Waals surface area contributed by atoms with Crippen molar-refractivity contribution in [1.82, 2.24) is 5.32 Å². The molecule has 0 spiro atoms. The van der Waals surface area contributed by atoms with Gasteiger partial charge in [0.1, 0.15) is 0 Å². The van der Waals surface area contributed by atoms with E-state index < -0.39 is 0 Å². The van der Waals surface area contributed by atoms with E-state index in [-0.39, 0.29) is 5.78 Å². The van der Waals surface area contributed by atoms with Crippen molar-refractivity contribution in [3.8, 4) is 0 Å². The summed E-state index contributed by atoms with van der Waals surface area (Å²) in [6.07, 6.45) is 2.87. The Morgan fingerprint density at radius 2 is 2.40 bits per heavy atom. The van der Waals surface area contributed by atoms with Gasteiger partial charge in [-0.05, 0) is 31.5 Å². The molecule has 1 aromatic rings. The largest absolute Gasteiger partial charge is 0.399 e. The Balaban J connectivity index is 2.01. The van der Waals surface area contributed by atoms with Gasteiger partial charge >= 0.3 is 0 Å². The summed E-state index contributed by atoms with van der Waals surface area (Å²) in [5.41, 5.74) is 7.02. The lowest BCUT2D eigenvalue weighted by atomic mass is 10.0. The molecule has 0 aliphatic carbocycles. The Bertz CT molecular complexity index is 356. The summed E-state index contributed by atoms with van der Waals surface area (Å²) < 4.78 is 0. The Labute approximate surface area is 89.7 Å². The van der Waals surface area contributed by atoms with Crippen molar-refractivity contribution in [2.45, 2.75) is 25.3 Å². The minimum Gasteiger partial charge on any atom is -0.399 e. The van der Waals surface area contributed by atoms with Crippen LogP contribution in [0.1, 0.15) is 29.6 Å². The van der Waals surface area contributed by atoms with Crippen LogP contribution in [0.25, 0.3) is 0 Å². The van der Waals surface area contributed by atoms with Gasteiger partial charge in [0, 0.05) is 23.7 Å². The standard InChI is InChI=1S/C12H16N2O/c13-10-4-1-3-9(7-10)12(15)8-11-5-2-6-14-11/h1,3-4,7,11,14H,2,5-6,8,13H2. The number of nitrogens with one attached hydrogen (secondary N) is 1. The maximum Gasteiger partial charge on any atom is 0.164 e. The molecular formula is C12H16N2O. The molecule has 1 unspecified atom stereocenters. The zero-order valence-corrected chi connectivity index (χ0v) is 8.70. The van der Waals surface area contributed by atoms with Crippen LogP contribution < -0.4 is 11.1 Å². The number of carbonyl (C=O) groups is 1. The minimum absolute atomic E-state index is 0.182. The molecule has 1 aliphatic rings. The highest BCUT2D eigenvalue weighted by atomic mass is 16.1. The van der Waals surface area contributed by atoms with Crippen molar-refractivity contribution in [3.05, 3.63) is 29.8 Å². The van der Waals surface area contributed by atoms with E-state index >= 15 is 0 Å². The van der Waals surface area contributed by atoms with E-state index in [4.69, 9.17) is 5.73 Å². The van der Waals surface area contributed by atoms with Crippen LogP contribution in [0.3, 0.4) is 0 Å². The normalized spacial score (nSPS) is 20.4. The smallest absolute Gasteiger partial charge is 0.164 e. The highest BCUT2D eigenvalue weighted by Gasteiger charge is 2.18. The van der Waals surface area contributed by atoms with Crippen LogP contribution in [-0.2, 0) is 0 Å². The van der Waals surface area contributed by atoms with E-state index in [1.54, 1.807) is 12.1 Å². The van der Waals surface area contributed by atoms with Gasteiger partial charge in [0.2, 0.25) is 0 Å². The van der Waals surface area contributed by atoms with Gasteiger partial charge in [-0.2, -0.15) is 0 Å². The van der Waals surface area contributed by atoms with Crippen molar-refractivity contribution >= 4 is 11.5 Å². The van der Waals surface area contributed by atoms with Gasteiger partial charge in [-0.3, -0.25) is 4.79 Å². The summed E-state index contributed by atoms with van der Waals surface area (Å²) in [6, 6.07) is 7.55. The first-order chi connectivity index (χ1) is 7.25. The zero-order chi connectivity index (χ0) is 10.7. The van der Waals surface area contributed by atoms with Crippen molar-refractivity contribution in [3.63, 3.8) is 0 Å². The second-order valence-electron chi connectivity index (χ2n) is 4.05. The highest BCUT2D eigenvalue weighted by Crippen LogP contribution is 2.14. The Kier molecular flexibility index (Phi) is 3.02. The maximum absolute atomic E-state index is 11.9. The van der Waals surface area contributed by atoms with Crippen LogP contribution in [0, 0.1) is 0 Å². The molecule has 2 rings (SSSR count). The average molecular weight is 204 g/mol. The summed E-state index contributed by atoms with van der Waals surface area (Å²) in [7, 11) is 0. The SMILES string of the molecule is Nc1cccc(C(=O)CC2CCCN2)c1. The van der Waals surface area contributed by atoms with Crippen LogP contribution in [0.2, 0.25) is 0 Å². The van der Waals surface area contributed by atoms with Crippen molar-refractivity contribution in [2.75, 3.05) is 12.3 Å². The van der Waals surface area contributed by atoms with Gasteiger partial charge < -0.3 is 11.1 Å². The van der Waals surface area contributed by atoms with E-state index in [0.717, 1.165) is 18.5 Å². The van der Waals surface area contributed by atoms with Gasteiger partial charge in [0.15, 0.2) is 5.78 Å². The predicted octanol–water partition coefficient (Wildman–Crippen LogP) is 1.59. The Morgan fingerprint density at radius 3 is 3.07 bits per heavy atom. The van der Waals surface area contributed by atoms with Crippen LogP contribution in [0.4, 0.5) is 5.69 Å². The Morgan fingerprint density at radius 1 is 1.53 bits per heavy atom. The number of nitrogens with two attached hydrogens (primary N) is 1. The fourth-order valence-corrected chi connectivity index (χ4v) is 1.98. The van der Waals surface area contributed by atoms with Gasteiger partial charge in [0.05, 0.1) is 0 Å². The first-order valence-electron chi connectivity index (χ1n) is 5.38. The van der Waals surface area contributed by atoms with E-state index in [0.29, 0.717) is 18.2 Å². The number of hydrogen-bond acceptors (Lipinski definition) is 3. The summed E-state index contributed by atoms with van der Waals surface area (Å²) in [5.74, 6) is 0.182. The Hall–Kier alpha value is -1.35. The lowest BCUT2D eigenvalue weighted by molar-refractivity contribution is 0.0971. The number of carbonyl (C=O) groups excluding carboxylic acids is 1. The molecule has 1 heterocycles. The summed E-state index contributed by atoms with van der Waals surface area (Å²) in [4.78, 5) is 11.9. The molecule has 0 amide bonds. The lowest BCUT2D eigenvalue weighted by Gasteiger charge is -2.08. The van der Waals surface area contributed by atoms with Gasteiger partial charge in [0.25, 0.3) is 0 Å². The second kappa shape index (κ2) is 4.45. The average Bonchev–Trinajstić information content (AvgIpc) is 2.70. The van der Waals surface area contributed by atoms with Crippen LogP contribution in [-0.4, -0.2) is 18.4 Å². The van der Waals surface area contributed by atoms with Crippen LogP contribution >= 0.6 is 0 Å². The predicted molar refractivity (Wildman–Crippen MR) is 60.8 cm³/mol. The molecule has 0 aromatic heterocycles. The van der Waals surface area contributed by atoms with Crippen molar-refractivity contribution < 1.29 is 4.79 Å². The fourth-order valence-electron chi connectivity index (χ4n) is 1.98. The van der Waals surface area contributed by atoms with Gasteiger partial charge in [-0.15, -0.1) is 0 Å². The lowest BCUT2D eigenvalue weighted by Crippen LogP contribution is -2.24. The summed E-state index contributed by atoms with van der Waals surface area (Å²) >= 11 is 0. The van der Waals surface area contributed by atoms with Crippen LogP contribution in [0.5, 0.6) is 0 Å². The van der Waals surface area contributed by atoms with Crippen molar-refractivity contribution in [2.24, 2.45) is 0 Å². The number of Topliss-reactive ketones (excluding diaryl/α,β-unsaturated/α-hetero) is 1. The monoisotopic (exact) mass is 204 g/mol. The maximum atomic E-state index is 11.9. The molecule has 1 atom stereocenters. The first-order valence-corrected chi connectivity index (χ1v) is 5.38. The topological polar surface area (TPSA) is 55.1 Å². The summed E-state index contributed by atoms with van der Waals surface area (Å²) in [6.45, 7) is 1.04. The second-order valence-corrected chi connectivity index (χ2v) is 4.05. The molecule has 3 nitrogen and oxygen atoms in total. The van der Waals surface area contributed by atoms with E-state index in [2.05, 4.69) is 5.32 Å². The number of benzene rings is 1. The number of hydrogen-bond donors (Lipinski definition) is 2. The third-order valence-corrected chi connectivity index (χ3v) is 2.80. The molecule has 1 saturated heterocycles. The molecule has 1 fully saturated rings. The van der Waals surface area contributed by atoms with E-state index in [1.165, 1.54) is 6.42 Å². The molecule has 3 N–H and O–H groups in total. The molecule has 1 aromatic carbocycles. The van der Waals surface area contributed by atoms with E-state index in [9.17, 15) is 4.79 Å². The number of anilines is 1. The molecule has 1 aliphatic heterocycles. The highest BCUT2D eigenvalue weighted by molar-refractivity contribution is 5.97. The number of ketones is 1. The third kappa shape index (κ3) is 2.57. The molecule has 0 saturated carbocycles. The van der Waals surface area contributed by atoms with Gasteiger partial charge in [-0.25, -0.2) is 0 Å². The molecular weight excluding hydrogens is 188 g/mol. The third-order valence-electron chi connectivity index (χ3n) is 2.80. The number of rotatable bonds is 3. The van der Waals surface area contributed by atoms with E-state index in [1.807, 2.05) is 12.1 Å². The fraction of sp³-hybridized carbons (Fsp3) is 0.417. The number of nitrogen functional groups attached to an aromatic ring is 1. The zero-order valence-electron chi connectivity index (χ0n) is 8.70. The quantitative estimate of drug-likeness (QED) is 0.580. The van der Waals surface area contributed by atoms with Crippen LogP contribution in [0.15, 0.2) is 24.3 Å². The molecule has 0 radical (unpaired) electrons. The minimum atomic E-state index is 0.182. The molecule has 3 heteroatoms. The summed E-state index contributed by atoms with van der Waals surface area (Å²) in [5, 5.41) is 3.32. The van der Waals surface area contributed by atoms with Crippen molar-refractivity contribution in [1.29, 1.82) is 0 Å².